The quantitative estimate of drug-likeness (QED) is 0.366. The number of oxime groups is 1. The molecule has 0 radical (unpaired) electrons. The Labute approximate surface area is 125 Å². The third kappa shape index (κ3) is 3.89. The van der Waals surface area contributed by atoms with Crippen LogP contribution in [0.4, 0.5) is 5.69 Å². The molecular weight excluding hydrogens is 288 g/mol. The molecule has 0 amide bonds. The maximum absolute atomic E-state index is 11.7. The van der Waals surface area contributed by atoms with Crippen molar-refractivity contribution in [3.8, 4) is 5.75 Å². The third-order valence-electron chi connectivity index (χ3n) is 2.77. The van der Waals surface area contributed by atoms with E-state index in [1.165, 1.54) is 30.5 Å². The lowest BCUT2D eigenvalue weighted by Gasteiger charge is -1.99. The summed E-state index contributed by atoms with van der Waals surface area (Å²) in [6, 6.07) is 12.1. The van der Waals surface area contributed by atoms with Crippen molar-refractivity contribution in [2.75, 3.05) is 7.11 Å². The van der Waals surface area contributed by atoms with Gasteiger partial charge in [0.05, 0.1) is 23.8 Å². The Hall–Kier alpha value is -3.22. The van der Waals surface area contributed by atoms with Crippen molar-refractivity contribution in [3.63, 3.8) is 0 Å². The largest absolute Gasteiger partial charge is 0.497 e. The van der Waals surface area contributed by atoms with Gasteiger partial charge in [-0.3, -0.25) is 10.1 Å². The fourth-order valence-corrected chi connectivity index (χ4v) is 1.60. The third-order valence-corrected chi connectivity index (χ3v) is 2.77. The van der Waals surface area contributed by atoms with Crippen molar-refractivity contribution < 1.29 is 19.3 Å². The van der Waals surface area contributed by atoms with Crippen LogP contribution in [0, 0.1) is 10.1 Å². The number of carbonyl (C=O) groups is 1. The number of hydrogen-bond acceptors (Lipinski definition) is 6. The molecule has 112 valence electrons. The molecule has 0 aliphatic rings. The molecule has 2 aromatic rings. The molecule has 0 fully saturated rings. The Morgan fingerprint density at radius 2 is 1.77 bits per heavy atom. The predicted molar refractivity (Wildman–Crippen MR) is 79.1 cm³/mol. The summed E-state index contributed by atoms with van der Waals surface area (Å²) in [5.74, 6) is 0.0136. The lowest BCUT2D eigenvalue weighted by Crippen LogP contribution is -2.01. The fourth-order valence-electron chi connectivity index (χ4n) is 1.60. The average molecular weight is 300 g/mol. The monoisotopic (exact) mass is 300 g/mol. The van der Waals surface area contributed by atoms with E-state index in [9.17, 15) is 14.9 Å². The van der Waals surface area contributed by atoms with E-state index in [1.54, 1.807) is 31.4 Å². The van der Waals surface area contributed by atoms with E-state index in [0.29, 0.717) is 5.75 Å². The number of nitro groups is 1. The smallest absolute Gasteiger partial charge is 0.365 e. The number of nitrogens with zero attached hydrogens (tertiary/aromatic N) is 2. The Morgan fingerprint density at radius 3 is 2.32 bits per heavy atom. The summed E-state index contributed by atoms with van der Waals surface area (Å²) >= 11 is 0. The molecule has 22 heavy (non-hydrogen) atoms. The molecule has 0 heterocycles. The average Bonchev–Trinajstić information content (AvgIpc) is 2.55. The van der Waals surface area contributed by atoms with Crippen LogP contribution in [0.3, 0.4) is 0 Å². The molecule has 0 atom stereocenters. The number of hydrogen-bond donors (Lipinski definition) is 0. The molecule has 0 bridgehead atoms. The van der Waals surface area contributed by atoms with Gasteiger partial charge in [-0.2, -0.15) is 0 Å². The summed E-state index contributed by atoms with van der Waals surface area (Å²) < 4.78 is 5.02. The van der Waals surface area contributed by atoms with E-state index in [1.807, 2.05) is 0 Å². The van der Waals surface area contributed by atoms with Gasteiger partial charge in [-0.1, -0.05) is 5.16 Å². The summed E-state index contributed by atoms with van der Waals surface area (Å²) in [5.41, 5.74) is 0.813. The van der Waals surface area contributed by atoms with Crippen molar-refractivity contribution in [2.24, 2.45) is 5.16 Å². The molecule has 0 saturated heterocycles. The second-order valence-electron chi connectivity index (χ2n) is 4.19. The minimum atomic E-state index is -0.695. The van der Waals surface area contributed by atoms with Crippen molar-refractivity contribution in [2.45, 2.75) is 0 Å². The van der Waals surface area contributed by atoms with Gasteiger partial charge < -0.3 is 9.57 Å². The van der Waals surface area contributed by atoms with Crippen molar-refractivity contribution in [3.05, 3.63) is 69.8 Å². The zero-order chi connectivity index (χ0) is 15.9. The first kappa shape index (κ1) is 15.2. The Morgan fingerprint density at radius 1 is 1.14 bits per heavy atom. The fraction of sp³-hybridized carbons (Fsp3) is 0.0667. The van der Waals surface area contributed by atoms with Crippen molar-refractivity contribution >= 4 is 17.9 Å². The lowest BCUT2D eigenvalue weighted by atomic mass is 10.2. The summed E-state index contributed by atoms with van der Waals surface area (Å²) in [7, 11) is 1.56. The number of non-ortho nitro benzene ring substituents is 1. The SMILES string of the molecule is COc1ccc(/C=N\OC(=O)c2ccc([N+](=O)[O-])cc2)cc1. The molecule has 0 saturated carbocycles. The van der Waals surface area contributed by atoms with Gasteiger partial charge in [0.15, 0.2) is 0 Å². The zero-order valence-corrected chi connectivity index (χ0v) is 11.6. The molecular formula is C15H12N2O5. The summed E-state index contributed by atoms with van der Waals surface area (Å²) in [6.45, 7) is 0. The van der Waals surface area contributed by atoms with Gasteiger partial charge in [0.1, 0.15) is 5.75 Å². The van der Waals surface area contributed by atoms with E-state index in [0.717, 1.165) is 5.56 Å². The number of carbonyl (C=O) groups excluding carboxylic acids is 1. The van der Waals surface area contributed by atoms with Crippen LogP contribution in [0.1, 0.15) is 15.9 Å². The topological polar surface area (TPSA) is 91.0 Å². The van der Waals surface area contributed by atoms with Gasteiger partial charge in [-0.15, -0.1) is 0 Å². The van der Waals surface area contributed by atoms with Crippen LogP contribution >= 0.6 is 0 Å². The summed E-state index contributed by atoms with van der Waals surface area (Å²) in [4.78, 5) is 26.4. The Bertz CT molecular complexity index is 693. The molecule has 7 heteroatoms. The highest BCUT2D eigenvalue weighted by Crippen LogP contribution is 2.13. The second-order valence-corrected chi connectivity index (χ2v) is 4.19. The molecule has 2 rings (SSSR count). The Balaban J connectivity index is 1.96. The van der Waals surface area contributed by atoms with Crippen LogP contribution in [0.15, 0.2) is 53.7 Å². The minimum absolute atomic E-state index is 0.0988. The number of rotatable bonds is 5. The number of nitro benzene ring substituents is 1. The molecule has 0 unspecified atom stereocenters. The van der Waals surface area contributed by atoms with Crippen LogP contribution in [-0.4, -0.2) is 24.2 Å². The number of benzene rings is 2. The molecule has 0 spiro atoms. The molecule has 0 N–H and O–H groups in total. The zero-order valence-electron chi connectivity index (χ0n) is 11.6. The van der Waals surface area contributed by atoms with Gasteiger partial charge in [0.25, 0.3) is 5.69 Å². The van der Waals surface area contributed by atoms with E-state index >= 15 is 0 Å². The Kier molecular flexibility index (Phi) is 4.81. The molecule has 2 aromatic carbocycles. The highest BCUT2D eigenvalue weighted by atomic mass is 16.7. The predicted octanol–water partition coefficient (Wildman–Crippen LogP) is 2.79. The molecule has 7 nitrogen and oxygen atoms in total. The van der Waals surface area contributed by atoms with Gasteiger partial charge in [0, 0.05) is 12.1 Å². The van der Waals surface area contributed by atoms with Gasteiger partial charge >= 0.3 is 5.97 Å². The van der Waals surface area contributed by atoms with Crippen LogP contribution < -0.4 is 4.74 Å². The number of ether oxygens (including phenoxy) is 1. The van der Waals surface area contributed by atoms with E-state index in [2.05, 4.69) is 5.16 Å². The lowest BCUT2D eigenvalue weighted by molar-refractivity contribution is -0.384. The minimum Gasteiger partial charge on any atom is -0.497 e. The first-order valence-corrected chi connectivity index (χ1v) is 6.23. The van der Waals surface area contributed by atoms with E-state index in [4.69, 9.17) is 9.57 Å². The normalized spacial score (nSPS) is 10.4. The van der Waals surface area contributed by atoms with Gasteiger partial charge in [-0.05, 0) is 42.0 Å². The maximum atomic E-state index is 11.7. The second kappa shape index (κ2) is 6.98. The van der Waals surface area contributed by atoms with Gasteiger partial charge in [-0.25, -0.2) is 4.79 Å². The van der Waals surface area contributed by atoms with Crippen LogP contribution in [0.25, 0.3) is 0 Å². The van der Waals surface area contributed by atoms with E-state index < -0.39 is 10.9 Å². The van der Waals surface area contributed by atoms with Crippen LogP contribution in [-0.2, 0) is 4.84 Å². The summed E-state index contributed by atoms with van der Waals surface area (Å²) in [6.07, 6.45) is 1.38. The first-order valence-electron chi connectivity index (χ1n) is 6.23. The standard InChI is InChI=1S/C15H12N2O5/c1-21-14-8-2-11(3-9-14)10-16-22-15(18)12-4-6-13(7-5-12)17(19)20/h2-10H,1H3/b16-10-. The molecule has 0 aliphatic carbocycles. The molecule has 0 aromatic heterocycles. The highest BCUT2D eigenvalue weighted by molar-refractivity contribution is 5.90. The van der Waals surface area contributed by atoms with Crippen molar-refractivity contribution in [1.82, 2.24) is 0 Å². The number of methoxy groups -OCH3 is 1. The van der Waals surface area contributed by atoms with Crippen LogP contribution in [0.2, 0.25) is 0 Å². The van der Waals surface area contributed by atoms with Gasteiger partial charge in [0.2, 0.25) is 0 Å². The summed E-state index contributed by atoms with van der Waals surface area (Å²) in [5, 5.41) is 14.1. The molecule has 0 aliphatic heterocycles. The van der Waals surface area contributed by atoms with E-state index in [-0.39, 0.29) is 11.3 Å². The highest BCUT2D eigenvalue weighted by Gasteiger charge is 2.10. The maximum Gasteiger partial charge on any atom is 0.365 e. The first-order chi connectivity index (χ1) is 10.6. The van der Waals surface area contributed by atoms with Crippen molar-refractivity contribution in [1.29, 1.82) is 0 Å². The van der Waals surface area contributed by atoms with Crippen LogP contribution in [0.5, 0.6) is 5.75 Å².